The third-order valence-electron chi connectivity index (χ3n) is 6.00. The Morgan fingerprint density at radius 1 is 1.31 bits per heavy atom. The van der Waals surface area contributed by atoms with Gasteiger partial charge in [-0.25, -0.2) is 18.7 Å². The molecule has 2 aliphatic rings. The maximum absolute atomic E-state index is 13.8. The number of halogens is 5. The van der Waals surface area contributed by atoms with Crippen molar-refractivity contribution in [2.75, 3.05) is 13.1 Å². The molecule has 2 aromatic heterocycles. The number of carbonyl (C=O) groups is 2. The van der Waals surface area contributed by atoms with E-state index in [-0.39, 0.29) is 43.0 Å². The molecule has 1 fully saturated rings. The lowest BCUT2D eigenvalue weighted by atomic mass is 10.0. The second-order valence-corrected chi connectivity index (χ2v) is 9.32. The number of thiophene rings is 1. The first-order chi connectivity index (χ1) is 16.4. The molecule has 4 heterocycles. The normalized spacial score (nSPS) is 21.1. The number of nitrogens with zero attached hydrogens (tertiary/aromatic N) is 4. The van der Waals surface area contributed by atoms with Gasteiger partial charge >= 0.3 is 6.18 Å². The smallest absolute Gasteiger partial charge is 0.368 e. The maximum atomic E-state index is 13.8. The van der Waals surface area contributed by atoms with Gasteiger partial charge < -0.3 is 20.6 Å². The molecule has 0 aromatic carbocycles. The minimum absolute atomic E-state index is 0.0356. The van der Waals surface area contributed by atoms with E-state index in [1.165, 1.54) is 16.2 Å². The summed E-state index contributed by atoms with van der Waals surface area (Å²) in [5.74, 6) is -4.81. The van der Waals surface area contributed by atoms with Crippen LogP contribution in [0.15, 0.2) is 16.8 Å². The molecule has 2 amide bonds. The Kier molecular flexibility index (Phi) is 6.81. The fourth-order valence-electron chi connectivity index (χ4n) is 4.18. The van der Waals surface area contributed by atoms with Crippen LogP contribution in [-0.4, -0.2) is 68.0 Å². The zero-order valence-corrected chi connectivity index (χ0v) is 19.1. The second-order valence-electron chi connectivity index (χ2n) is 8.54. The number of hydrogen-bond acceptors (Lipinski definition) is 7. The average Bonchev–Trinajstić information content (AvgIpc) is 3.33. The van der Waals surface area contributed by atoms with Crippen LogP contribution in [0.5, 0.6) is 0 Å². The van der Waals surface area contributed by atoms with E-state index in [4.69, 9.17) is 5.73 Å². The van der Waals surface area contributed by atoms with Gasteiger partial charge in [0.15, 0.2) is 17.7 Å². The number of hydrogen-bond donors (Lipinski definition) is 2. The molecule has 14 heteroatoms. The molecule has 0 bridgehead atoms. The molecular weight excluding hydrogens is 497 g/mol. The summed E-state index contributed by atoms with van der Waals surface area (Å²) in [5.41, 5.74) is 5.31. The van der Waals surface area contributed by atoms with E-state index in [9.17, 15) is 36.6 Å². The predicted molar refractivity (Wildman–Crippen MR) is 114 cm³/mol. The zero-order chi connectivity index (χ0) is 25.5. The van der Waals surface area contributed by atoms with Crippen molar-refractivity contribution in [2.24, 2.45) is 5.73 Å². The number of carbonyl (C=O) groups excluding carboxylic acids is 2. The molecule has 2 unspecified atom stereocenters. The Hall–Kier alpha value is -2.71. The van der Waals surface area contributed by atoms with Crippen molar-refractivity contribution in [3.8, 4) is 11.4 Å². The van der Waals surface area contributed by atoms with Gasteiger partial charge in [-0.05, 0) is 17.9 Å². The molecule has 0 spiro atoms. The van der Waals surface area contributed by atoms with Crippen molar-refractivity contribution in [3.63, 3.8) is 0 Å². The molecule has 2 aliphatic heterocycles. The van der Waals surface area contributed by atoms with Crippen LogP contribution >= 0.6 is 11.3 Å². The van der Waals surface area contributed by atoms with Crippen LogP contribution in [0.3, 0.4) is 0 Å². The molecule has 0 saturated carbocycles. The Morgan fingerprint density at radius 3 is 2.71 bits per heavy atom. The van der Waals surface area contributed by atoms with E-state index < -0.39 is 61.3 Å². The summed E-state index contributed by atoms with van der Waals surface area (Å²) < 4.78 is 68.6. The average molecular weight is 519 g/mol. The van der Waals surface area contributed by atoms with E-state index in [0.717, 1.165) is 0 Å². The van der Waals surface area contributed by atoms with Gasteiger partial charge in [-0.1, -0.05) is 0 Å². The van der Waals surface area contributed by atoms with Crippen molar-refractivity contribution in [1.82, 2.24) is 19.8 Å². The summed E-state index contributed by atoms with van der Waals surface area (Å²) in [4.78, 5) is 34.6. The number of fused-ring (bicyclic) bond motifs is 1. The molecular formula is C21H22F5N5O3S. The number of alkyl halides is 5. The molecule has 2 aromatic rings. The summed E-state index contributed by atoms with van der Waals surface area (Å²) in [6.45, 7) is -0.701. The minimum Gasteiger partial charge on any atom is -0.368 e. The lowest BCUT2D eigenvalue weighted by Crippen LogP contribution is -2.58. The zero-order valence-electron chi connectivity index (χ0n) is 18.3. The molecule has 1 saturated heterocycles. The Bertz CT molecular complexity index is 1110. The van der Waals surface area contributed by atoms with Gasteiger partial charge in [0.05, 0.1) is 12.2 Å². The van der Waals surface area contributed by atoms with Crippen LogP contribution in [0.25, 0.3) is 11.4 Å². The monoisotopic (exact) mass is 519 g/mol. The largest absolute Gasteiger partial charge is 0.433 e. The van der Waals surface area contributed by atoms with E-state index in [1.807, 2.05) is 0 Å². The molecule has 2 atom stereocenters. The van der Waals surface area contributed by atoms with Gasteiger partial charge in [0.2, 0.25) is 11.8 Å². The highest BCUT2D eigenvalue weighted by Gasteiger charge is 2.48. The topological polar surface area (TPSA) is 113 Å². The van der Waals surface area contributed by atoms with Crippen molar-refractivity contribution >= 4 is 23.2 Å². The highest BCUT2D eigenvalue weighted by molar-refractivity contribution is 7.08. The summed E-state index contributed by atoms with van der Waals surface area (Å²) >= 11 is 1.28. The number of likely N-dealkylation sites (tertiary alicyclic amines) is 1. The van der Waals surface area contributed by atoms with Gasteiger partial charge in [-0.3, -0.25) is 9.59 Å². The Balaban J connectivity index is 1.48. The van der Waals surface area contributed by atoms with Crippen LogP contribution in [0, 0.1) is 0 Å². The quantitative estimate of drug-likeness (QED) is 0.587. The molecule has 190 valence electrons. The first-order valence-electron chi connectivity index (χ1n) is 10.7. The van der Waals surface area contributed by atoms with Gasteiger partial charge in [0.25, 0.3) is 5.92 Å². The second kappa shape index (κ2) is 9.39. The van der Waals surface area contributed by atoms with Gasteiger partial charge in [0, 0.05) is 54.9 Å². The molecule has 0 radical (unpaired) electrons. The number of amides is 2. The SMILES string of the molecule is NC(CC(=O)N1CCc2c(nc(-c3ccsc3)nc2C(F)(F)F)C1)CN1C(=O)CCC(F)(F)C1O. The number of aliphatic hydroxyl groups excluding tert-OH is 1. The van der Waals surface area contributed by atoms with Crippen molar-refractivity contribution in [3.05, 3.63) is 33.8 Å². The molecule has 35 heavy (non-hydrogen) atoms. The predicted octanol–water partition coefficient (Wildman–Crippen LogP) is 2.40. The summed E-state index contributed by atoms with van der Waals surface area (Å²) in [7, 11) is 0. The molecule has 0 aliphatic carbocycles. The standard InChI is InChI=1S/C21H22F5N5O3S/c22-20(23)4-1-15(32)31(19(20)34)8-12(27)7-16(33)30-5-2-13-14(9-30)28-18(11-3-6-35-10-11)29-17(13)21(24,25)26/h3,6,10,12,19,34H,1-2,4-5,7-9,27H2. The van der Waals surface area contributed by atoms with Crippen LogP contribution < -0.4 is 5.73 Å². The van der Waals surface area contributed by atoms with E-state index in [1.54, 1.807) is 16.8 Å². The van der Waals surface area contributed by atoms with Crippen molar-refractivity contribution < 1.29 is 36.6 Å². The number of aliphatic hydroxyl groups is 1. The highest BCUT2D eigenvalue weighted by Crippen LogP contribution is 2.36. The van der Waals surface area contributed by atoms with Gasteiger partial charge in [0.1, 0.15) is 0 Å². The lowest BCUT2D eigenvalue weighted by Gasteiger charge is -2.38. The van der Waals surface area contributed by atoms with Gasteiger partial charge in [-0.2, -0.15) is 24.5 Å². The minimum atomic E-state index is -4.70. The first-order valence-corrected chi connectivity index (χ1v) is 11.7. The summed E-state index contributed by atoms with van der Waals surface area (Å²) in [6, 6.07) is 0.533. The van der Waals surface area contributed by atoms with Crippen LogP contribution in [-0.2, 0) is 28.7 Å². The van der Waals surface area contributed by atoms with Crippen LogP contribution in [0.4, 0.5) is 22.0 Å². The Labute approximate surface area is 200 Å². The van der Waals surface area contributed by atoms with Gasteiger partial charge in [-0.15, -0.1) is 0 Å². The summed E-state index contributed by atoms with van der Waals surface area (Å²) in [5, 5.41) is 13.1. The number of aromatic nitrogens is 2. The highest BCUT2D eigenvalue weighted by atomic mass is 32.1. The van der Waals surface area contributed by atoms with Crippen LogP contribution in [0.2, 0.25) is 0 Å². The van der Waals surface area contributed by atoms with Crippen molar-refractivity contribution in [1.29, 1.82) is 0 Å². The number of nitrogens with two attached hydrogens (primary N) is 1. The molecule has 4 rings (SSSR count). The maximum Gasteiger partial charge on any atom is 0.433 e. The van der Waals surface area contributed by atoms with Crippen LogP contribution in [0.1, 0.15) is 36.2 Å². The summed E-state index contributed by atoms with van der Waals surface area (Å²) in [6.07, 6.45) is -8.74. The third-order valence-corrected chi connectivity index (χ3v) is 6.68. The molecule has 3 N–H and O–H groups in total. The number of piperidine rings is 1. The fourth-order valence-corrected chi connectivity index (χ4v) is 4.82. The first kappa shape index (κ1) is 25.4. The number of rotatable bonds is 5. The molecule has 8 nitrogen and oxygen atoms in total. The fraction of sp³-hybridized carbons (Fsp3) is 0.524. The Morgan fingerprint density at radius 2 is 2.06 bits per heavy atom. The van der Waals surface area contributed by atoms with E-state index >= 15 is 0 Å². The third kappa shape index (κ3) is 5.28. The van der Waals surface area contributed by atoms with E-state index in [0.29, 0.717) is 10.5 Å². The van der Waals surface area contributed by atoms with E-state index in [2.05, 4.69) is 9.97 Å². The lowest BCUT2D eigenvalue weighted by molar-refractivity contribution is -0.205. The van der Waals surface area contributed by atoms with Crippen molar-refractivity contribution in [2.45, 2.75) is 56.6 Å².